The van der Waals surface area contributed by atoms with Gasteiger partial charge in [0.05, 0.1) is 0 Å². The highest BCUT2D eigenvalue weighted by atomic mass is 79.9. The predicted molar refractivity (Wildman–Crippen MR) is 75.2 cm³/mol. The third-order valence-electron chi connectivity index (χ3n) is 3.05. The molecule has 0 nitrogen and oxygen atoms in total. The predicted octanol–water partition coefficient (Wildman–Crippen LogP) is 4.80. The molecule has 0 bridgehead atoms. The molecule has 0 fully saturated rings. The van der Waals surface area contributed by atoms with Crippen LogP contribution in [-0.4, -0.2) is 5.33 Å². The minimum absolute atomic E-state index is 0.749. The lowest BCUT2D eigenvalue weighted by Gasteiger charge is -2.09. The normalized spacial score (nSPS) is 12.9. The Morgan fingerprint density at radius 1 is 1.06 bits per heavy atom. The van der Waals surface area contributed by atoms with Crippen molar-refractivity contribution < 1.29 is 0 Å². The van der Waals surface area contributed by atoms with E-state index in [1.165, 1.54) is 29.2 Å². The minimum Gasteiger partial charge on any atom is -0.0925 e. The number of hydrogen-bond acceptors (Lipinski definition) is 0. The summed E-state index contributed by atoms with van der Waals surface area (Å²) in [5.74, 6) is 0.749. The van der Waals surface area contributed by atoms with Gasteiger partial charge >= 0.3 is 0 Å². The standard InChI is InChI=1S/C15H17Br/c1-12(11-16)9-10-14-7-4-6-13-5-2-3-8-15(13)14/h2-8,12H,9-11H2,1H3. The largest absolute Gasteiger partial charge is 0.0925 e. The van der Waals surface area contributed by atoms with Gasteiger partial charge < -0.3 is 0 Å². The molecule has 2 aromatic rings. The Balaban J connectivity index is 2.23. The van der Waals surface area contributed by atoms with E-state index in [-0.39, 0.29) is 0 Å². The van der Waals surface area contributed by atoms with Gasteiger partial charge in [0.2, 0.25) is 0 Å². The molecule has 16 heavy (non-hydrogen) atoms. The molecule has 0 aliphatic carbocycles. The number of benzene rings is 2. The maximum absolute atomic E-state index is 3.54. The average molecular weight is 277 g/mol. The van der Waals surface area contributed by atoms with Crippen molar-refractivity contribution >= 4 is 26.7 Å². The van der Waals surface area contributed by atoms with E-state index in [0.29, 0.717) is 0 Å². The van der Waals surface area contributed by atoms with Crippen molar-refractivity contribution in [3.8, 4) is 0 Å². The van der Waals surface area contributed by atoms with Crippen LogP contribution >= 0.6 is 15.9 Å². The number of alkyl halides is 1. The minimum atomic E-state index is 0.749. The maximum atomic E-state index is 3.54. The van der Waals surface area contributed by atoms with Gasteiger partial charge in [0.25, 0.3) is 0 Å². The summed E-state index contributed by atoms with van der Waals surface area (Å²) in [4.78, 5) is 0. The molecule has 2 rings (SSSR count). The number of hydrogen-bond donors (Lipinski definition) is 0. The molecule has 0 saturated carbocycles. The van der Waals surface area contributed by atoms with Crippen molar-refractivity contribution in [1.82, 2.24) is 0 Å². The van der Waals surface area contributed by atoms with Gasteiger partial charge in [0.1, 0.15) is 0 Å². The Labute approximate surface area is 106 Å². The Bertz CT molecular complexity index is 456. The fourth-order valence-corrected chi connectivity index (χ4v) is 2.31. The second kappa shape index (κ2) is 5.49. The third-order valence-corrected chi connectivity index (χ3v) is 4.16. The van der Waals surface area contributed by atoms with E-state index >= 15 is 0 Å². The van der Waals surface area contributed by atoms with Crippen LogP contribution in [0.25, 0.3) is 10.8 Å². The van der Waals surface area contributed by atoms with Crippen molar-refractivity contribution in [2.45, 2.75) is 19.8 Å². The smallest absolute Gasteiger partial charge is 0.00571 e. The van der Waals surface area contributed by atoms with Crippen LogP contribution in [0.3, 0.4) is 0 Å². The van der Waals surface area contributed by atoms with Crippen LogP contribution in [0.15, 0.2) is 42.5 Å². The molecule has 0 N–H and O–H groups in total. The Kier molecular flexibility index (Phi) is 4.00. The molecule has 0 radical (unpaired) electrons. The molecule has 2 aromatic carbocycles. The quantitative estimate of drug-likeness (QED) is 0.704. The molecule has 1 atom stereocenters. The summed E-state index contributed by atoms with van der Waals surface area (Å²) in [6.07, 6.45) is 2.42. The van der Waals surface area contributed by atoms with Gasteiger partial charge in [-0.2, -0.15) is 0 Å². The summed E-state index contributed by atoms with van der Waals surface area (Å²) >= 11 is 3.54. The molecule has 1 heteroatoms. The van der Waals surface area contributed by atoms with Crippen LogP contribution < -0.4 is 0 Å². The summed E-state index contributed by atoms with van der Waals surface area (Å²) in [6.45, 7) is 2.29. The molecule has 0 aliphatic rings. The lowest BCUT2D eigenvalue weighted by molar-refractivity contribution is 0.601. The number of halogens is 1. The zero-order valence-electron chi connectivity index (χ0n) is 9.62. The van der Waals surface area contributed by atoms with Crippen molar-refractivity contribution in [3.63, 3.8) is 0 Å². The van der Waals surface area contributed by atoms with Crippen LogP contribution in [0.4, 0.5) is 0 Å². The number of fused-ring (bicyclic) bond motifs is 1. The summed E-state index contributed by atoms with van der Waals surface area (Å²) in [5.41, 5.74) is 1.48. The zero-order chi connectivity index (χ0) is 11.4. The Morgan fingerprint density at radius 3 is 2.62 bits per heavy atom. The molecule has 84 valence electrons. The first-order valence-electron chi connectivity index (χ1n) is 5.84. The lowest BCUT2D eigenvalue weighted by atomic mass is 9.97. The summed E-state index contributed by atoms with van der Waals surface area (Å²) < 4.78 is 0. The fraction of sp³-hybridized carbons (Fsp3) is 0.333. The first-order valence-corrected chi connectivity index (χ1v) is 6.96. The van der Waals surface area contributed by atoms with Gasteiger partial charge in [-0.25, -0.2) is 0 Å². The van der Waals surface area contributed by atoms with E-state index < -0.39 is 0 Å². The monoisotopic (exact) mass is 276 g/mol. The van der Waals surface area contributed by atoms with Crippen LogP contribution in [0.1, 0.15) is 18.9 Å². The third kappa shape index (κ3) is 2.65. The van der Waals surface area contributed by atoms with E-state index in [1.54, 1.807) is 0 Å². The highest BCUT2D eigenvalue weighted by Crippen LogP contribution is 2.21. The Morgan fingerprint density at radius 2 is 1.81 bits per heavy atom. The second-order valence-electron chi connectivity index (χ2n) is 4.44. The van der Waals surface area contributed by atoms with Crippen molar-refractivity contribution in [1.29, 1.82) is 0 Å². The molecule has 0 aromatic heterocycles. The van der Waals surface area contributed by atoms with E-state index in [1.807, 2.05) is 0 Å². The molecular formula is C15H17Br. The molecule has 0 aliphatic heterocycles. The van der Waals surface area contributed by atoms with Crippen molar-refractivity contribution in [2.75, 3.05) is 5.33 Å². The summed E-state index contributed by atoms with van der Waals surface area (Å²) in [5, 5.41) is 3.86. The van der Waals surface area contributed by atoms with Crippen molar-refractivity contribution in [3.05, 3.63) is 48.0 Å². The first kappa shape index (κ1) is 11.7. The maximum Gasteiger partial charge on any atom is 0.00571 e. The van der Waals surface area contributed by atoms with Gasteiger partial charge in [-0.3, -0.25) is 0 Å². The average Bonchev–Trinajstić information content (AvgIpc) is 2.35. The highest BCUT2D eigenvalue weighted by Gasteiger charge is 2.03. The highest BCUT2D eigenvalue weighted by molar-refractivity contribution is 9.09. The summed E-state index contributed by atoms with van der Waals surface area (Å²) in [7, 11) is 0. The SMILES string of the molecule is CC(CBr)CCc1cccc2ccccc12. The van der Waals surface area contributed by atoms with Gasteiger partial charge in [0.15, 0.2) is 0 Å². The van der Waals surface area contributed by atoms with E-state index in [0.717, 1.165) is 11.2 Å². The van der Waals surface area contributed by atoms with Gasteiger partial charge in [0, 0.05) is 5.33 Å². The molecule has 0 amide bonds. The van der Waals surface area contributed by atoms with E-state index in [9.17, 15) is 0 Å². The van der Waals surface area contributed by atoms with Gasteiger partial charge in [-0.05, 0) is 35.1 Å². The van der Waals surface area contributed by atoms with Gasteiger partial charge in [-0.15, -0.1) is 0 Å². The Hall–Kier alpha value is -0.820. The van der Waals surface area contributed by atoms with Crippen LogP contribution in [0.5, 0.6) is 0 Å². The fourth-order valence-electron chi connectivity index (χ4n) is 1.99. The number of rotatable bonds is 4. The zero-order valence-corrected chi connectivity index (χ0v) is 11.2. The molecular weight excluding hydrogens is 260 g/mol. The molecule has 0 heterocycles. The van der Waals surface area contributed by atoms with Gasteiger partial charge in [-0.1, -0.05) is 65.3 Å². The van der Waals surface area contributed by atoms with E-state index in [2.05, 4.69) is 65.3 Å². The lowest BCUT2D eigenvalue weighted by Crippen LogP contribution is -1.98. The first-order chi connectivity index (χ1) is 7.81. The van der Waals surface area contributed by atoms with E-state index in [4.69, 9.17) is 0 Å². The second-order valence-corrected chi connectivity index (χ2v) is 5.08. The van der Waals surface area contributed by atoms with Crippen LogP contribution in [0.2, 0.25) is 0 Å². The summed E-state index contributed by atoms with van der Waals surface area (Å²) in [6, 6.07) is 15.2. The molecule has 1 unspecified atom stereocenters. The van der Waals surface area contributed by atoms with Crippen molar-refractivity contribution in [2.24, 2.45) is 5.92 Å². The molecule has 0 saturated heterocycles. The van der Waals surface area contributed by atoms with Crippen LogP contribution in [0, 0.1) is 5.92 Å². The van der Waals surface area contributed by atoms with Crippen LogP contribution in [-0.2, 0) is 6.42 Å². The topological polar surface area (TPSA) is 0 Å². The number of aryl methyl sites for hydroxylation is 1. The molecule has 0 spiro atoms.